The molecule has 9 rings (SSSR count). The fraction of sp³-hybridized carbons (Fsp3) is 0. The van der Waals surface area contributed by atoms with Crippen LogP contribution in [0.25, 0.3) is 83.1 Å². The lowest BCUT2D eigenvalue weighted by atomic mass is 10.0. The largest absolute Gasteiger partial charge is 0.455 e. The third-order valence-electron chi connectivity index (χ3n) is 8.59. The molecular weight excluding hydrogens is 536 g/mol. The second kappa shape index (κ2) is 9.82. The summed E-state index contributed by atoms with van der Waals surface area (Å²) in [6.07, 6.45) is 0. The zero-order valence-corrected chi connectivity index (χ0v) is 23.8. The SMILES string of the molecule is c1ccc(-c2cccc(-c3cc(-n4c5ccccc5c5ccccc54)cc(-c4cccc5c4oc4ccccc45)n3)c2)cc1. The van der Waals surface area contributed by atoms with Gasteiger partial charge in [-0.2, -0.15) is 0 Å². The van der Waals surface area contributed by atoms with Crippen molar-refractivity contribution in [2.24, 2.45) is 0 Å². The van der Waals surface area contributed by atoms with Crippen LogP contribution >= 0.6 is 0 Å². The Morgan fingerprint density at radius 3 is 1.82 bits per heavy atom. The van der Waals surface area contributed by atoms with Crippen molar-refractivity contribution in [1.82, 2.24) is 9.55 Å². The number of aromatic nitrogens is 2. The molecule has 0 aliphatic carbocycles. The van der Waals surface area contributed by atoms with Crippen LogP contribution in [-0.2, 0) is 0 Å². The van der Waals surface area contributed by atoms with Gasteiger partial charge in [0.1, 0.15) is 11.2 Å². The van der Waals surface area contributed by atoms with Crippen molar-refractivity contribution < 1.29 is 4.42 Å². The molecule has 0 fully saturated rings. The minimum Gasteiger partial charge on any atom is -0.455 e. The maximum atomic E-state index is 6.48. The van der Waals surface area contributed by atoms with E-state index in [1.807, 2.05) is 12.1 Å². The van der Waals surface area contributed by atoms with E-state index in [-0.39, 0.29) is 0 Å². The van der Waals surface area contributed by atoms with E-state index in [1.165, 1.54) is 16.3 Å². The Hall–Kier alpha value is -5.93. The fourth-order valence-electron chi connectivity index (χ4n) is 6.57. The zero-order chi connectivity index (χ0) is 29.0. The first-order valence-electron chi connectivity index (χ1n) is 14.9. The number of benzene rings is 6. The van der Waals surface area contributed by atoms with Gasteiger partial charge in [0, 0.05) is 32.7 Å². The van der Waals surface area contributed by atoms with Gasteiger partial charge in [-0.15, -0.1) is 0 Å². The van der Waals surface area contributed by atoms with Crippen molar-refractivity contribution in [3.63, 3.8) is 0 Å². The minimum absolute atomic E-state index is 0.851. The third kappa shape index (κ3) is 3.87. The molecule has 0 spiro atoms. The van der Waals surface area contributed by atoms with Crippen LogP contribution in [0.2, 0.25) is 0 Å². The molecule has 0 unspecified atom stereocenters. The summed E-state index contributed by atoms with van der Waals surface area (Å²) < 4.78 is 8.85. The van der Waals surface area contributed by atoms with Gasteiger partial charge in [-0.05, 0) is 53.6 Å². The van der Waals surface area contributed by atoms with Crippen LogP contribution in [0, 0.1) is 0 Å². The molecule has 0 radical (unpaired) electrons. The van der Waals surface area contributed by atoms with E-state index in [0.717, 1.165) is 66.7 Å². The van der Waals surface area contributed by atoms with Crippen LogP contribution in [0.1, 0.15) is 0 Å². The summed E-state index contributed by atoms with van der Waals surface area (Å²) in [6, 6.07) is 55.4. The molecule has 0 saturated carbocycles. The van der Waals surface area contributed by atoms with E-state index >= 15 is 0 Å². The highest BCUT2D eigenvalue weighted by atomic mass is 16.3. The first kappa shape index (κ1) is 24.6. The molecule has 0 saturated heterocycles. The summed E-state index contributed by atoms with van der Waals surface area (Å²) in [5, 5.41) is 4.66. The second-order valence-electron chi connectivity index (χ2n) is 11.2. The molecule has 3 aromatic heterocycles. The number of fused-ring (bicyclic) bond motifs is 6. The Morgan fingerprint density at radius 2 is 1.02 bits per heavy atom. The van der Waals surface area contributed by atoms with Crippen molar-refractivity contribution in [1.29, 1.82) is 0 Å². The average Bonchev–Trinajstić information content (AvgIpc) is 3.65. The van der Waals surface area contributed by atoms with Crippen molar-refractivity contribution in [2.45, 2.75) is 0 Å². The van der Waals surface area contributed by atoms with Gasteiger partial charge in [-0.1, -0.05) is 115 Å². The summed E-state index contributed by atoms with van der Waals surface area (Å²) in [6.45, 7) is 0. The highest BCUT2D eigenvalue weighted by molar-refractivity contribution is 6.10. The van der Waals surface area contributed by atoms with Gasteiger partial charge in [0.25, 0.3) is 0 Å². The summed E-state index contributed by atoms with van der Waals surface area (Å²) >= 11 is 0. The number of pyridine rings is 1. The third-order valence-corrected chi connectivity index (χ3v) is 8.59. The van der Waals surface area contributed by atoms with Gasteiger partial charge in [-0.3, -0.25) is 0 Å². The van der Waals surface area contributed by atoms with Crippen molar-refractivity contribution >= 4 is 43.7 Å². The van der Waals surface area contributed by atoms with Crippen LogP contribution in [0.15, 0.2) is 162 Å². The molecule has 0 amide bonds. The summed E-state index contributed by atoms with van der Waals surface area (Å²) in [7, 11) is 0. The molecule has 0 N–H and O–H groups in total. The van der Waals surface area contributed by atoms with Crippen molar-refractivity contribution in [2.75, 3.05) is 0 Å². The minimum atomic E-state index is 0.851. The van der Waals surface area contributed by atoms with Crippen molar-refractivity contribution in [3.05, 3.63) is 158 Å². The normalized spacial score (nSPS) is 11.6. The molecule has 0 atom stereocenters. The molecule has 0 aliphatic rings. The summed E-state index contributed by atoms with van der Waals surface area (Å²) in [4.78, 5) is 5.33. The van der Waals surface area contributed by atoms with Crippen LogP contribution in [0.3, 0.4) is 0 Å². The lowest BCUT2D eigenvalue weighted by Gasteiger charge is -2.14. The summed E-state index contributed by atoms with van der Waals surface area (Å²) in [5.41, 5.74) is 11.3. The van der Waals surface area contributed by atoms with Gasteiger partial charge >= 0.3 is 0 Å². The molecule has 3 heterocycles. The Balaban J connectivity index is 1.34. The molecule has 3 heteroatoms. The zero-order valence-electron chi connectivity index (χ0n) is 23.8. The molecular formula is C41H26N2O. The summed E-state index contributed by atoms with van der Waals surface area (Å²) in [5.74, 6) is 0. The predicted octanol–water partition coefficient (Wildman–Crippen LogP) is 11.1. The Kier molecular flexibility index (Phi) is 5.50. The van der Waals surface area contributed by atoms with Crippen LogP contribution in [0.5, 0.6) is 0 Å². The highest BCUT2D eigenvalue weighted by Gasteiger charge is 2.18. The van der Waals surface area contributed by atoms with Crippen molar-refractivity contribution in [3.8, 4) is 39.3 Å². The Labute approximate surface area is 254 Å². The quantitative estimate of drug-likeness (QED) is 0.214. The van der Waals surface area contributed by atoms with E-state index in [4.69, 9.17) is 9.40 Å². The van der Waals surface area contributed by atoms with E-state index in [0.29, 0.717) is 0 Å². The Bertz CT molecular complexity index is 2450. The van der Waals surface area contributed by atoms with E-state index in [9.17, 15) is 0 Å². The first-order valence-corrected chi connectivity index (χ1v) is 14.9. The molecule has 44 heavy (non-hydrogen) atoms. The maximum Gasteiger partial charge on any atom is 0.144 e. The van der Waals surface area contributed by atoms with Crippen LogP contribution < -0.4 is 0 Å². The lowest BCUT2D eigenvalue weighted by molar-refractivity contribution is 0.670. The van der Waals surface area contributed by atoms with E-state index in [2.05, 4.69) is 150 Å². The topological polar surface area (TPSA) is 31.0 Å². The van der Waals surface area contributed by atoms with Gasteiger partial charge in [0.15, 0.2) is 0 Å². The van der Waals surface area contributed by atoms with Crippen LogP contribution in [-0.4, -0.2) is 9.55 Å². The van der Waals surface area contributed by atoms with E-state index in [1.54, 1.807) is 0 Å². The maximum absolute atomic E-state index is 6.48. The average molecular weight is 563 g/mol. The van der Waals surface area contributed by atoms with Crippen LogP contribution in [0.4, 0.5) is 0 Å². The monoisotopic (exact) mass is 562 g/mol. The number of nitrogens with zero attached hydrogens (tertiary/aromatic N) is 2. The number of hydrogen-bond acceptors (Lipinski definition) is 2. The molecule has 0 bridgehead atoms. The lowest BCUT2D eigenvalue weighted by Crippen LogP contribution is -1.98. The number of rotatable bonds is 4. The predicted molar refractivity (Wildman–Crippen MR) is 182 cm³/mol. The second-order valence-corrected chi connectivity index (χ2v) is 11.2. The van der Waals surface area contributed by atoms with E-state index < -0.39 is 0 Å². The van der Waals surface area contributed by atoms with Gasteiger partial charge in [-0.25, -0.2) is 4.98 Å². The Morgan fingerprint density at radius 1 is 0.432 bits per heavy atom. The highest BCUT2D eigenvalue weighted by Crippen LogP contribution is 2.39. The molecule has 6 aromatic carbocycles. The fourth-order valence-corrected chi connectivity index (χ4v) is 6.57. The number of hydrogen-bond donors (Lipinski definition) is 0. The smallest absolute Gasteiger partial charge is 0.144 e. The molecule has 3 nitrogen and oxygen atoms in total. The number of furan rings is 1. The molecule has 0 aliphatic heterocycles. The first-order chi connectivity index (χ1) is 21.8. The molecule has 9 aromatic rings. The number of para-hydroxylation sites is 4. The standard InChI is InChI=1S/C41H26N2O/c1-2-12-27(13-3-1)28-14-10-15-29(24-28)36-25-30(43-38-21-7-4-16-31(38)32-17-5-8-22-39(32)43)26-37(42-36)35-20-11-19-34-33-18-6-9-23-40(33)44-41(34)35/h1-26H. The van der Waals surface area contributed by atoms with Gasteiger partial charge in [0.2, 0.25) is 0 Å². The van der Waals surface area contributed by atoms with Gasteiger partial charge < -0.3 is 8.98 Å². The van der Waals surface area contributed by atoms with Gasteiger partial charge in [0.05, 0.1) is 28.1 Å². The molecule has 206 valence electrons.